The maximum atomic E-state index is 13.3. The maximum Gasteiger partial charge on any atom is 0.416 e. The number of alkyl halides is 3. The van der Waals surface area contributed by atoms with Gasteiger partial charge in [-0.05, 0) is 42.5 Å². The molecule has 148 valence electrons. The summed E-state index contributed by atoms with van der Waals surface area (Å²) in [6.45, 7) is 1.06. The van der Waals surface area contributed by atoms with Gasteiger partial charge >= 0.3 is 12.2 Å². The molecule has 2 aromatic carbocycles. The van der Waals surface area contributed by atoms with Gasteiger partial charge in [0.25, 0.3) is 5.91 Å². The van der Waals surface area contributed by atoms with Crippen LogP contribution in [0.25, 0.3) is 0 Å². The maximum absolute atomic E-state index is 13.3. The molecule has 3 rings (SSSR count). The first-order valence-electron chi connectivity index (χ1n) is 8.52. The average molecular weight is 395 g/mol. The normalized spacial score (nSPS) is 14.7. The smallest absolute Gasteiger partial charge is 0.335 e. The third kappa shape index (κ3) is 4.59. The van der Waals surface area contributed by atoms with Crippen LogP contribution in [0.15, 0.2) is 48.5 Å². The Hall–Kier alpha value is -3.10. The third-order valence-electron chi connectivity index (χ3n) is 4.39. The Morgan fingerprint density at radius 1 is 0.893 bits per heavy atom. The van der Waals surface area contributed by atoms with E-state index in [9.17, 15) is 27.2 Å². The van der Waals surface area contributed by atoms with Gasteiger partial charge in [0, 0.05) is 37.4 Å². The zero-order valence-corrected chi connectivity index (χ0v) is 14.7. The Balaban J connectivity index is 1.54. The number of hydrogen-bond donors (Lipinski definition) is 1. The average Bonchev–Trinajstić information content (AvgIpc) is 2.67. The van der Waals surface area contributed by atoms with Gasteiger partial charge in [0.2, 0.25) is 0 Å². The SMILES string of the molecule is O=C(Nc1ccc(C(F)(F)F)cc1)N1CCN(C(=O)c2cccc(F)c2)CC1. The number of urea groups is 1. The Morgan fingerprint density at radius 2 is 1.50 bits per heavy atom. The van der Waals surface area contributed by atoms with E-state index in [1.54, 1.807) is 0 Å². The Kier molecular flexibility index (Phi) is 5.53. The highest BCUT2D eigenvalue weighted by atomic mass is 19.4. The highest BCUT2D eigenvalue weighted by Crippen LogP contribution is 2.29. The van der Waals surface area contributed by atoms with Gasteiger partial charge in [-0.3, -0.25) is 4.79 Å². The van der Waals surface area contributed by atoms with Gasteiger partial charge in [0.1, 0.15) is 5.82 Å². The number of rotatable bonds is 2. The third-order valence-corrected chi connectivity index (χ3v) is 4.39. The van der Waals surface area contributed by atoms with Crippen molar-refractivity contribution in [2.75, 3.05) is 31.5 Å². The quantitative estimate of drug-likeness (QED) is 0.786. The first-order valence-corrected chi connectivity index (χ1v) is 8.52. The van der Waals surface area contributed by atoms with E-state index < -0.39 is 23.6 Å². The molecular weight excluding hydrogens is 378 g/mol. The van der Waals surface area contributed by atoms with Crippen molar-refractivity contribution in [1.29, 1.82) is 0 Å². The largest absolute Gasteiger partial charge is 0.416 e. The van der Waals surface area contributed by atoms with Crippen LogP contribution < -0.4 is 5.32 Å². The summed E-state index contributed by atoms with van der Waals surface area (Å²) in [7, 11) is 0. The summed E-state index contributed by atoms with van der Waals surface area (Å²) >= 11 is 0. The van der Waals surface area contributed by atoms with E-state index in [1.165, 1.54) is 40.1 Å². The summed E-state index contributed by atoms with van der Waals surface area (Å²) in [5.41, 5.74) is -0.311. The summed E-state index contributed by atoms with van der Waals surface area (Å²) in [5, 5.41) is 2.54. The second-order valence-corrected chi connectivity index (χ2v) is 6.29. The predicted octanol–water partition coefficient (Wildman–Crippen LogP) is 3.83. The van der Waals surface area contributed by atoms with E-state index in [1.807, 2.05) is 0 Å². The molecule has 5 nitrogen and oxygen atoms in total. The number of benzene rings is 2. The van der Waals surface area contributed by atoms with Gasteiger partial charge < -0.3 is 15.1 Å². The van der Waals surface area contributed by atoms with Gasteiger partial charge in [-0.2, -0.15) is 13.2 Å². The van der Waals surface area contributed by atoms with Crippen molar-refractivity contribution in [3.05, 3.63) is 65.5 Å². The molecule has 0 saturated carbocycles. The molecule has 3 amide bonds. The molecule has 0 aromatic heterocycles. The van der Waals surface area contributed by atoms with Crippen molar-refractivity contribution in [1.82, 2.24) is 9.80 Å². The minimum Gasteiger partial charge on any atom is -0.335 e. The molecule has 28 heavy (non-hydrogen) atoms. The lowest BCUT2D eigenvalue weighted by Crippen LogP contribution is -2.51. The number of halogens is 4. The lowest BCUT2D eigenvalue weighted by molar-refractivity contribution is -0.137. The van der Waals surface area contributed by atoms with Crippen molar-refractivity contribution in [3.8, 4) is 0 Å². The van der Waals surface area contributed by atoms with Crippen LogP contribution in [0.1, 0.15) is 15.9 Å². The minimum atomic E-state index is -4.44. The molecule has 1 fully saturated rings. The van der Waals surface area contributed by atoms with E-state index in [2.05, 4.69) is 5.32 Å². The molecule has 1 saturated heterocycles. The fraction of sp³-hybridized carbons (Fsp3) is 0.263. The first-order chi connectivity index (χ1) is 13.2. The number of carbonyl (C=O) groups is 2. The predicted molar refractivity (Wildman–Crippen MR) is 94.3 cm³/mol. The number of carbonyl (C=O) groups excluding carboxylic acids is 2. The van der Waals surface area contributed by atoms with Crippen molar-refractivity contribution in [3.63, 3.8) is 0 Å². The van der Waals surface area contributed by atoms with E-state index in [0.717, 1.165) is 18.2 Å². The molecule has 1 N–H and O–H groups in total. The molecule has 9 heteroatoms. The van der Waals surface area contributed by atoms with Crippen molar-refractivity contribution < 1.29 is 27.2 Å². The van der Waals surface area contributed by atoms with Gasteiger partial charge in [-0.25, -0.2) is 9.18 Å². The highest BCUT2D eigenvalue weighted by molar-refractivity contribution is 5.94. The van der Waals surface area contributed by atoms with Crippen LogP contribution in [-0.4, -0.2) is 47.9 Å². The molecule has 0 aliphatic carbocycles. The minimum absolute atomic E-state index is 0.239. The number of nitrogens with zero attached hydrogens (tertiary/aromatic N) is 2. The lowest BCUT2D eigenvalue weighted by Gasteiger charge is -2.34. The standard InChI is InChI=1S/C19H17F4N3O2/c20-15-3-1-2-13(12-15)17(27)25-8-10-26(11-9-25)18(28)24-16-6-4-14(5-7-16)19(21,22)23/h1-7,12H,8-11H2,(H,24,28). The van der Waals surface area contributed by atoms with Crippen LogP contribution in [0.4, 0.5) is 28.0 Å². The zero-order chi connectivity index (χ0) is 20.3. The number of hydrogen-bond acceptors (Lipinski definition) is 2. The Labute approximate surface area is 158 Å². The summed E-state index contributed by atoms with van der Waals surface area (Å²) in [4.78, 5) is 27.7. The molecule has 1 heterocycles. The zero-order valence-electron chi connectivity index (χ0n) is 14.7. The Morgan fingerprint density at radius 3 is 2.07 bits per heavy atom. The second kappa shape index (κ2) is 7.87. The Bertz CT molecular complexity index is 860. The van der Waals surface area contributed by atoms with Crippen molar-refractivity contribution in [2.24, 2.45) is 0 Å². The molecule has 0 bridgehead atoms. The highest BCUT2D eigenvalue weighted by Gasteiger charge is 2.30. The van der Waals surface area contributed by atoms with Crippen LogP contribution in [0, 0.1) is 5.82 Å². The van der Waals surface area contributed by atoms with E-state index in [-0.39, 0.29) is 43.3 Å². The van der Waals surface area contributed by atoms with Crippen molar-refractivity contribution >= 4 is 17.6 Å². The monoisotopic (exact) mass is 395 g/mol. The first kappa shape index (κ1) is 19.7. The molecule has 0 spiro atoms. The number of piperazine rings is 1. The van der Waals surface area contributed by atoms with Gasteiger partial charge in [-0.1, -0.05) is 6.07 Å². The van der Waals surface area contributed by atoms with Gasteiger partial charge in [0.15, 0.2) is 0 Å². The fourth-order valence-electron chi connectivity index (χ4n) is 2.86. The fourth-order valence-corrected chi connectivity index (χ4v) is 2.86. The van der Waals surface area contributed by atoms with Crippen LogP contribution in [0.3, 0.4) is 0 Å². The number of nitrogens with one attached hydrogen (secondary N) is 1. The van der Waals surface area contributed by atoms with Gasteiger partial charge in [0.05, 0.1) is 5.56 Å². The second-order valence-electron chi connectivity index (χ2n) is 6.29. The van der Waals surface area contributed by atoms with Crippen LogP contribution in [0.2, 0.25) is 0 Å². The van der Waals surface area contributed by atoms with E-state index in [0.29, 0.717) is 0 Å². The summed E-state index contributed by atoms with van der Waals surface area (Å²) in [6.07, 6.45) is -4.44. The van der Waals surface area contributed by atoms with Gasteiger partial charge in [-0.15, -0.1) is 0 Å². The van der Waals surface area contributed by atoms with E-state index >= 15 is 0 Å². The summed E-state index contributed by atoms with van der Waals surface area (Å²) < 4.78 is 51.0. The summed E-state index contributed by atoms with van der Waals surface area (Å²) in [5.74, 6) is -0.817. The molecule has 2 aromatic rings. The lowest BCUT2D eigenvalue weighted by atomic mass is 10.1. The molecule has 0 atom stereocenters. The number of anilines is 1. The topological polar surface area (TPSA) is 52.7 Å². The van der Waals surface area contributed by atoms with E-state index in [4.69, 9.17) is 0 Å². The molecule has 1 aliphatic heterocycles. The number of amides is 3. The van der Waals surface area contributed by atoms with Crippen LogP contribution in [-0.2, 0) is 6.18 Å². The molecule has 0 radical (unpaired) electrons. The van der Waals surface area contributed by atoms with Crippen LogP contribution in [0.5, 0.6) is 0 Å². The molecule has 1 aliphatic rings. The summed E-state index contributed by atoms with van der Waals surface area (Å²) in [6, 6.07) is 9.08. The molecule has 0 unspecified atom stereocenters. The van der Waals surface area contributed by atoms with Crippen LogP contribution >= 0.6 is 0 Å². The molecular formula is C19H17F4N3O2. The van der Waals surface area contributed by atoms with Crippen molar-refractivity contribution in [2.45, 2.75) is 6.18 Å².